The molecule has 14 heavy (non-hydrogen) atoms. The molecule has 0 amide bonds. The number of aromatic nitrogens is 3. The van der Waals surface area contributed by atoms with Gasteiger partial charge in [-0.05, 0) is 6.92 Å². The molecule has 2 aromatic rings. The van der Waals surface area contributed by atoms with E-state index in [0.29, 0.717) is 6.54 Å². The van der Waals surface area contributed by atoms with Crippen molar-refractivity contribution in [3.63, 3.8) is 0 Å². The second-order valence-corrected chi connectivity index (χ2v) is 3.91. The van der Waals surface area contributed by atoms with Gasteiger partial charge in [0.05, 0.1) is 11.9 Å². The van der Waals surface area contributed by atoms with Gasteiger partial charge >= 0.3 is 0 Å². The summed E-state index contributed by atoms with van der Waals surface area (Å²) < 4.78 is 0. The lowest BCUT2D eigenvalue weighted by Crippen LogP contribution is -1.94. The summed E-state index contributed by atoms with van der Waals surface area (Å²) in [5, 5.41) is 0.885. The molecule has 0 spiro atoms. The molecule has 2 N–H and O–H groups in total. The third kappa shape index (κ3) is 1.64. The van der Waals surface area contributed by atoms with E-state index in [1.807, 2.05) is 6.92 Å². The summed E-state index contributed by atoms with van der Waals surface area (Å²) in [6.07, 6.45) is 5.01. The summed E-state index contributed by atoms with van der Waals surface area (Å²) in [6, 6.07) is 0. The minimum atomic E-state index is 0.532. The van der Waals surface area contributed by atoms with Gasteiger partial charge in [-0.15, -0.1) is 11.3 Å². The minimum Gasteiger partial charge on any atom is -0.326 e. The van der Waals surface area contributed by atoms with Gasteiger partial charge in [-0.1, -0.05) is 0 Å². The number of nitrogens with zero attached hydrogens (tertiary/aromatic N) is 3. The molecule has 0 aromatic carbocycles. The van der Waals surface area contributed by atoms with Gasteiger partial charge < -0.3 is 5.73 Å². The predicted octanol–water partition coefficient (Wildman–Crippen LogP) is 1.37. The maximum absolute atomic E-state index is 5.58. The van der Waals surface area contributed by atoms with Gasteiger partial charge in [0, 0.05) is 23.8 Å². The van der Waals surface area contributed by atoms with Crippen molar-refractivity contribution in [2.45, 2.75) is 13.5 Å². The molecule has 0 fully saturated rings. The van der Waals surface area contributed by atoms with Crippen molar-refractivity contribution in [1.82, 2.24) is 15.0 Å². The van der Waals surface area contributed by atoms with Crippen molar-refractivity contribution in [1.29, 1.82) is 0 Å². The van der Waals surface area contributed by atoms with E-state index in [2.05, 4.69) is 15.0 Å². The zero-order valence-electron chi connectivity index (χ0n) is 7.77. The number of thiazole rings is 1. The van der Waals surface area contributed by atoms with Crippen LogP contribution in [0.1, 0.15) is 10.6 Å². The number of rotatable bonds is 2. The molecule has 0 aliphatic carbocycles. The van der Waals surface area contributed by atoms with E-state index in [0.717, 1.165) is 21.3 Å². The number of aryl methyl sites for hydroxylation is 1. The summed E-state index contributed by atoms with van der Waals surface area (Å²) in [5.74, 6) is 0. The van der Waals surface area contributed by atoms with Gasteiger partial charge in [-0.25, -0.2) is 4.98 Å². The Morgan fingerprint density at radius 1 is 1.43 bits per heavy atom. The van der Waals surface area contributed by atoms with Crippen LogP contribution in [0.4, 0.5) is 0 Å². The highest BCUT2D eigenvalue weighted by atomic mass is 32.1. The van der Waals surface area contributed by atoms with Crippen molar-refractivity contribution in [2.75, 3.05) is 0 Å². The van der Waals surface area contributed by atoms with Crippen LogP contribution in [0, 0.1) is 6.92 Å². The zero-order valence-corrected chi connectivity index (χ0v) is 8.58. The second-order valence-electron chi connectivity index (χ2n) is 2.82. The van der Waals surface area contributed by atoms with Gasteiger partial charge in [-0.3, -0.25) is 9.97 Å². The minimum absolute atomic E-state index is 0.532. The summed E-state index contributed by atoms with van der Waals surface area (Å²) >= 11 is 1.57. The van der Waals surface area contributed by atoms with Crippen LogP contribution in [0.5, 0.6) is 0 Å². The highest BCUT2D eigenvalue weighted by molar-refractivity contribution is 7.15. The third-order valence-corrected chi connectivity index (χ3v) is 3.06. The lowest BCUT2D eigenvalue weighted by Gasteiger charge is -1.90. The van der Waals surface area contributed by atoms with Crippen LogP contribution >= 0.6 is 11.3 Å². The van der Waals surface area contributed by atoms with E-state index in [9.17, 15) is 0 Å². The van der Waals surface area contributed by atoms with Gasteiger partial charge in [-0.2, -0.15) is 0 Å². The molecule has 0 unspecified atom stereocenters. The monoisotopic (exact) mass is 206 g/mol. The van der Waals surface area contributed by atoms with Crippen molar-refractivity contribution in [2.24, 2.45) is 5.73 Å². The molecule has 5 heteroatoms. The molecule has 0 atom stereocenters. The van der Waals surface area contributed by atoms with Crippen LogP contribution in [0.3, 0.4) is 0 Å². The van der Waals surface area contributed by atoms with Crippen molar-refractivity contribution in [3.05, 3.63) is 29.2 Å². The van der Waals surface area contributed by atoms with E-state index in [4.69, 9.17) is 5.73 Å². The van der Waals surface area contributed by atoms with Crippen molar-refractivity contribution >= 4 is 11.3 Å². The molecule has 0 bridgehead atoms. The first-order valence-corrected chi connectivity index (χ1v) is 5.05. The smallest absolute Gasteiger partial charge is 0.144 e. The summed E-state index contributed by atoms with van der Waals surface area (Å²) in [4.78, 5) is 13.7. The van der Waals surface area contributed by atoms with Gasteiger partial charge in [0.1, 0.15) is 10.7 Å². The Morgan fingerprint density at radius 3 is 2.86 bits per heavy atom. The van der Waals surface area contributed by atoms with Crippen LogP contribution in [-0.2, 0) is 6.54 Å². The van der Waals surface area contributed by atoms with E-state index in [-0.39, 0.29) is 0 Å². The summed E-state index contributed by atoms with van der Waals surface area (Å²) in [6.45, 7) is 2.49. The Balaban J connectivity index is 2.43. The highest BCUT2D eigenvalue weighted by Crippen LogP contribution is 2.25. The Labute approximate surface area is 85.9 Å². The van der Waals surface area contributed by atoms with E-state index in [1.54, 1.807) is 29.9 Å². The molecule has 0 saturated carbocycles. The molecule has 0 saturated heterocycles. The van der Waals surface area contributed by atoms with Gasteiger partial charge in [0.15, 0.2) is 0 Å². The summed E-state index contributed by atoms with van der Waals surface area (Å²) in [5.41, 5.74) is 7.37. The molecule has 2 aromatic heterocycles. The number of nitrogens with two attached hydrogens (primary N) is 1. The average molecular weight is 206 g/mol. The number of hydrogen-bond acceptors (Lipinski definition) is 5. The van der Waals surface area contributed by atoms with Crippen LogP contribution in [-0.4, -0.2) is 15.0 Å². The zero-order chi connectivity index (χ0) is 9.97. The fourth-order valence-electron chi connectivity index (χ4n) is 1.14. The Hall–Kier alpha value is -1.33. The van der Waals surface area contributed by atoms with Crippen LogP contribution in [0.15, 0.2) is 18.6 Å². The van der Waals surface area contributed by atoms with Crippen LogP contribution in [0.25, 0.3) is 10.7 Å². The topological polar surface area (TPSA) is 64.7 Å². The fraction of sp³-hybridized carbons (Fsp3) is 0.222. The largest absolute Gasteiger partial charge is 0.326 e. The summed E-state index contributed by atoms with van der Waals surface area (Å²) in [7, 11) is 0. The van der Waals surface area contributed by atoms with Gasteiger partial charge in [0.25, 0.3) is 0 Å². The molecule has 0 aliphatic rings. The fourth-order valence-corrected chi connectivity index (χ4v) is 2.04. The first-order chi connectivity index (χ1) is 6.81. The Kier molecular flexibility index (Phi) is 2.51. The lowest BCUT2D eigenvalue weighted by atomic mass is 10.4. The average Bonchev–Trinajstić information content (AvgIpc) is 2.61. The number of hydrogen-bond donors (Lipinski definition) is 1. The highest BCUT2D eigenvalue weighted by Gasteiger charge is 2.08. The van der Waals surface area contributed by atoms with Crippen molar-refractivity contribution in [3.8, 4) is 10.7 Å². The standard InChI is InChI=1S/C9H10N4S/c1-6-8(4-10)14-9(13-6)7-5-11-2-3-12-7/h2-3,5H,4,10H2,1H3. The lowest BCUT2D eigenvalue weighted by molar-refractivity contribution is 1.06. The van der Waals surface area contributed by atoms with Crippen LogP contribution in [0.2, 0.25) is 0 Å². The third-order valence-electron chi connectivity index (χ3n) is 1.86. The van der Waals surface area contributed by atoms with Crippen LogP contribution < -0.4 is 5.73 Å². The Bertz CT molecular complexity index is 424. The van der Waals surface area contributed by atoms with E-state index >= 15 is 0 Å². The Morgan fingerprint density at radius 2 is 2.29 bits per heavy atom. The van der Waals surface area contributed by atoms with Crippen molar-refractivity contribution < 1.29 is 0 Å². The predicted molar refractivity (Wildman–Crippen MR) is 55.8 cm³/mol. The first-order valence-electron chi connectivity index (χ1n) is 4.24. The quantitative estimate of drug-likeness (QED) is 0.806. The molecule has 2 rings (SSSR count). The molecule has 4 nitrogen and oxygen atoms in total. The van der Waals surface area contributed by atoms with E-state index in [1.165, 1.54) is 0 Å². The van der Waals surface area contributed by atoms with E-state index < -0.39 is 0 Å². The second kappa shape index (κ2) is 3.81. The normalized spacial score (nSPS) is 10.4. The molecule has 2 heterocycles. The molecular weight excluding hydrogens is 196 g/mol. The first kappa shape index (κ1) is 9.23. The maximum atomic E-state index is 5.58. The SMILES string of the molecule is Cc1nc(-c2cnccn2)sc1CN. The molecule has 0 aliphatic heterocycles. The molecule has 72 valence electrons. The van der Waals surface area contributed by atoms with Gasteiger partial charge in [0.2, 0.25) is 0 Å². The molecule has 0 radical (unpaired) electrons. The molecular formula is C9H10N4S. The maximum Gasteiger partial charge on any atom is 0.144 e.